The molecule has 0 unspecified atom stereocenters. The molecule has 0 bridgehead atoms. The van der Waals surface area contributed by atoms with E-state index >= 15 is 0 Å². The first-order valence-electron chi connectivity index (χ1n) is 8.42. The molecule has 0 aliphatic heterocycles. The number of ether oxygens (including phenoxy) is 2. The van der Waals surface area contributed by atoms with Crippen molar-refractivity contribution >= 4 is 14.0 Å². The van der Waals surface area contributed by atoms with E-state index < -0.39 is 25.9 Å². The molecule has 2 rings (SSSR count). The minimum absolute atomic E-state index is 0.0261. The summed E-state index contributed by atoms with van der Waals surface area (Å²) in [4.78, 5) is 15.2. The summed E-state index contributed by atoms with van der Waals surface area (Å²) in [5.74, 6) is -0.387. The lowest BCUT2D eigenvalue weighted by atomic mass is 10.1. The summed E-state index contributed by atoms with van der Waals surface area (Å²) in [5.41, 5.74) is -0.225. The van der Waals surface area contributed by atoms with Crippen molar-refractivity contribution in [2.45, 2.75) is 38.6 Å². The lowest BCUT2D eigenvalue weighted by Crippen LogP contribution is -2.22. The van der Waals surface area contributed by atoms with Crippen molar-refractivity contribution < 1.29 is 27.4 Å². The first kappa shape index (κ1) is 21.2. The Hall–Kier alpha value is -2.13. The van der Waals surface area contributed by atoms with Crippen LogP contribution >= 0.6 is 0 Å². The Kier molecular flexibility index (Phi) is 6.48. The largest absolute Gasteiger partial charge is 0.465 e. The summed E-state index contributed by atoms with van der Waals surface area (Å²) in [6, 6.07) is 6.95. The molecule has 2 aromatic rings. The number of hydrogen-bond donors (Lipinski definition) is 0. The average molecular weight is 400 g/mol. The number of esters is 1. The van der Waals surface area contributed by atoms with E-state index in [4.69, 9.17) is 4.74 Å². The van der Waals surface area contributed by atoms with Gasteiger partial charge in [-0.05, 0) is 18.2 Å². The average Bonchev–Trinajstić information content (AvgIpc) is 3.02. The van der Waals surface area contributed by atoms with E-state index in [1.165, 1.54) is 35.9 Å². The Labute approximate surface area is 157 Å². The molecule has 0 aliphatic rings. The van der Waals surface area contributed by atoms with Crippen LogP contribution in [-0.4, -0.2) is 37.3 Å². The highest BCUT2D eigenvalue weighted by Crippen LogP contribution is 2.31. The number of carbonyl (C=O) groups excluding carboxylic acids is 1. The molecule has 148 valence electrons. The number of rotatable bonds is 7. The Balaban J connectivity index is 2.25. The third kappa shape index (κ3) is 5.93. The maximum atomic E-state index is 13.1. The molecule has 27 heavy (non-hydrogen) atoms. The van der Waals surface area contributed by atoms with Crippen molar-refractivity contribution in [3.63, 3.8) is 0 Å². The number of nitrogens with zero attached hydrogens (tertiary/aromatic N) is 2. The quantitative estimate of drug-likeness (QED) is 0.385. The number of halogens is 3. The van der Waals surface area contributed by atoms with Crippen LogP contribution in [0.4, 0.5) is 13.2 Å². The number of methoxy groups -OCH3 is 1. The highest BCUT2D eigenvalue weighted by atomic mass is 28.3. The van der Waals surface area contributed by atoms with E-state index in [0.29, 0.717) is 17.7 Å². The van der Waals surface area contributed by atoms with Gasteiger partial charge in [0, 0.05) is 26.4 Å². The summed E-state index contributed by atoms with van der Waals surface area (Å²) in [7, 11) is -0.0318. The Morgan fingerprint density at radius 3 is 2.33 bits per heavy atom. The number of carbonyl (C=O) groups is 1. The Morgan fingerprint density at radius 2 is 1.81 bits per heavy atom. The van der Waals surface area contributed by atoms with E-state index in [-0.39, 0.29) is 12.6 Å². The molecule has 1 heterocycles. The molecular formula is C18H23F3N2O3Si. The molecule has 0 radical (unpaired) electrons. The van der Waals surface area contributed by atoms with Gasteiger partial charge in [-0.2, -0.15) is 13.2 Å². The summed E-state index contributed by atoms with van der Waals surface area (Å²) in [6.07, 6.45) is -3.61. The molecule has 0 spiro atoms. The molecule has 1 aromatic heterocycles. The van der Waals surface area contributed by atoms with Crippen LogP contribution in [0.5, 0.6) is 0 Å². The van der Waals surface area contributed by atoms with Gasteiger partial charge < -0.3 is 14.0 Å². The van der Waals surface area contributed by atoms with Crippen LogP contribution in [0.2, 0.25) is 25.7 Å². The van der Waals surface area contributed by atoms with Gasteiger partial charge in [-0.15, -0.1) is 0 Å². The number of benzene rings is 1. The van der Waals surface area contributed by atoms with Crippen LogP contribution in [0.1, 0.15) is 16.1 Å². The molecule has 0 N–H and O–H groups in total. The summed E-state index contributed by atoms with van der Waals surface area (Å²) in [6.45, 7) is 7.05. The molecule has 0 fully saturated rings. The van der Waals surface area contributed by atoms with Gasteiger partial charge in [0.25, 0.3) is 0 Å². The second-order valence-corrected chi connectivity index (χ2v) is 13.0. The van der Waals surface area contributed by atoms with Crippen molar-refractivity contribution in [3.05, 3.63) is 41.7 Å². The Morgan fingerprint density at radius 1 is 1.19 bits per heavy atom. The van der Waals surface area contributed by atoms with Crippen LogP contribution in [0, 0.1) is 0 Å². The van der Waals surface area contributed by atoms with Crippen LogP contribution in [0.25, 0.3) is 11.4 Å². The van der Waals surface area contributed by atoms with E-state index in [2.05, 4.69) is 29.4 Å². The molecule has 0 amide bonds. The van der Waals surface area contributed by atoms with E-state index in [9.17, 15) is 18.0 Å². The normalized spacial score (nSPS) is 12.3. The maximum absolute atomic E-state index is 13.1. The minimum atomic E-state index is -4.55. The molecule has 0 atom stereocenters. The molecule has 0 saturated carbocycles. The number of hydrogen-bond acceptors (Lipinski definition) is 4. The fourth-order valence-corrected chi connectivity index (χ4v) is 3.05. The predicted molar refractivity (Wildman–Crippen MR) is 98.1 cm³/mol. The standard InChI is InChI=1S/C18H23F3N2O3Si/c1-25-17(24)14-7-5-13(6-8-14)16-22-15(18(19,20)21)11-23(16)12-26-9-10-27(2,3)4/h5-8,11H,9-10,12H2,1-4H3. The highest BCUT2D eigenvalue weighted by molar-refractivity contribution is 6.76. The summed E-state index contributed by atoms with van der Waals surface area (Å²) in [5, 5.41) is 0. The van der Waals surface area contributed by atoms with Crippen LogP contribution in [-0.2, 0) is 22.4 Å². The van der Waals surface area contributed by atoms with E-state index in [1.54, 1.807) is 0 Å². The van der Waals surface area contributed by atoms with Gasteiger partial charge in [-0.1, -0.05) is 31.8 Å². The third-order valence-corrected chi connectivity index (χ3v) is 5.56. The fourth-order valence-electron chi connectivity index (χ4n) is 2.30. The molecule has 9 heteroatoms. The van der Waals surface area contributed by atoms with E-state index in [0.717, 1.165) is 12.2 Å². The third-order valence-electron chi connectivity index (χ3n) is 3.86. The fraction of sp³-hybridized carbons (Fsp3) is 0.444. The van der Waals surface area contributed by atoms with Gasteiger partial charge >= 0.3 is 12.1 Å². The van der Waals surface area contributed by atoms with Crippen LogP contribution < -0.4 is 0 Å². The van der Waals surface area contributed by atoms with Crippen molar-refractivity contribution in [2.24, 2.45) is 0 Å². The second kappa shape index (κ2) is 8.26. The van der Waals surface area contributed by atoms with Crippen molar-refractivity contribution in [3.8, 4) is 11.4 Å². The number of aromatic nitrogens is 2. The maximum Gasteiger partial charge on any atom is 0.434 e. The molecule has 5 nitrogen and oxygen atoms in total. The number of alkyl halides is 3. The molecular weight excluding hydrogens is 377 g/mol. The second-order valence-electron chi connectivity index (χ2n) is 7.33. The van der Waals surface area contributed by atoms with Crippen molar-refractivity contribution in [1.82, 2.24) is 9.55 Å². The van der Waals surface area contributed by atoms with Gasteiger partial charge in [0.2, 0.25) is 0 Å². The minimum Gasteiger partial charge on any atom is -0.465 e. The first-order chi connectivity index (χ1) is 12.5. The molecule has 1 aromatic carbocycles. The highest BCUT2D eigenvalue weighted by Gasteiger charge is 2.35. The van der Waals surface area contributed by atoms with Gasteiger partial charge in [-0.25, -0.2) is 9.78 Å². The van der Waals surface area contributed by atoms with E-state index in [1.807, 2.05) is 0 Å². The topological polar surface area (TPSA) is 53.3 Å². The zero-order valence-electron chi connectivity index (χ0n) is 15.8. The zero-order chi connectivity index (χ0) is 20.2. The zero-order valence-corrected chi connectivity index (χ0v) is 16.8. The van der Waals surface area contributed by atoms with Gasteiger partial charge in [-0.3, -0.25) is 0 Å². The van der Waals surface area contributed by atoms with Crippen molar-refractivity contribution in [1.29, 1.82) is 0 Å². The smallest absolute Gasteiger partial charge is 0.434 e. The Bertz CT molecular complexity index is 781. The SMILES string of the molecule is COC(=O)c1ccc(-c2nc(C(F)(F)F)cn2COCC[Si](C)(C)C)cc1. The number of imidazole rings is 1. The monoisotopic (exact) mass is 400 g/mol. The van der Waals surface area contributed by atoms with Crippen LogP contribution in [0.3, 0.4) is 0 Å². The van der Waals surface area contributed by atoms with Gasteiger partial charge in [0.1, 0.15) is 12.6 Å². The summed E-state index contributed by atoms with van der Waals surface area (Å²) < 4.78 is 50.8. The van der Waals surface area contributed by atoms with Gasteiger partial charge in [0.15, 0.2) is 5.69 Å². The molecule has 0 saturated heterocycles. The summed E-state index contributed by atoms with van der Waals surface area (Å²) >= 11 is 0. The van der Waals surface area contributed by atoms with Crippen molar-refractivity contribution in [2.75, 3.05) is 13.7 Å². The lowest BCUT2D eigenvalue weighted by Gasteiger charge is -2.16. The van der Waals surface area contributed by atoms with Crippen LogP contribution in [0.15, 0.2) is 30.5 Å². The van der Waals surface area contributed by atoms with Gasteiger partial charge in [0.05, 0.1) is 12.7 Å². The molecule has 0 aliphatic carbocycles. The predicted octanol–water partition coefficient (Wildman–Crippen LogP) is 4.67. The first-order valence-corrected chi connectivity index (χ1v) is 12.1. The lowest BCUT2D eigenvalue weighted by molar-refractivity contribution is -0.141.